The first-order valence-electron chi connectivity index (χ1n) is 25.7. The number of hydrogen-bond acceptors (Lipinski definition) is 17. The Labute approximate surface area is 413 Å². The largest absolute Gasteiger partial charge is 0.458 e. The van der Waals surface area contributed by atoms with E-state index in [1.54, 1.807) is 34.1 Å². The van der Waals surface area contributed by atoms with Crippen LogP contribution >= 0.6 is 0 Å². The average molecular weight is 989 g/mol. The predicted molar refractivity (Wildman–Crippen MR) is 251 cm³/mol. The summed E-state index contributed by atoms with van der Waals surface area (Å²) >= 11 is 0. The fourth-order valence-electron chi connectivity index (χ4n) is 14.5. The molecule has 17 nitrogen and oxygen atoms in total. The summed E-state index contributed by atoms with van der Waals surface area (Å²) in [4.78, 5) is 27.0. The molecule has 0 spiro atoms. The lowest BCUT2D eigenvalue weighted by Crippen LogP contribution is -2.73. The minimum absolute atomic E-state index is 0.133. The van der Waals surface area contributed by atoms with Crippen molar-refractivity contribution < 1.29 is 82.1 Å². The van der Waals surface area contributed by atoms with Gasteiger partial charge in [0, 0.05) is 58.5 Å². The molecule has 4 saturated carbocycles. The van der Waals surface area contributed by atoms with Gasteiger partial charge < -0.3 is 72.5 Å². The summed E-state index contributed by atoms with van der Waals surface area (Å²) in [5.74, 6) is -1.97. The van der Waals surface area contributed by atoms with Crippen molar-refractivity contribution >= 4 is 18.0 Å². The smallest absolute Gasteiger partial charge is 0.331 e. The number of esters is 2. The van der Waals surface area contributed by atoms with Crippen LogP contribution in [0.25, 0.3) is 6.08 Å². The van der Waals surface area contributed by atoms with Gasteiger partial charge in [-0.25, -0.2) is 4.79 Å². The zero-order chi connectivity index (χ0) is 50.4. The van der Waals surface area contributed by atoms with Gasteiger partial charge >= 0.3 is 11.9 Å². The van der Waals surface area contributed by atoms with E-state index in [-0.39, 0.29) is 23.9 Å². The highest BCUT2D eigenvalue weighted by Crippen LogP contribution is 2.70. The molecule has 3 heterocycles. The van der Waals surface area contributed by atoms with Crippen molar-refractivity contribution in [3.8, 4) is 0 Å². The molecule has 1 aromatic carbocycles. The Kier molecular flexibility index (Phi) is 16.6. The van der Waals surface area contributed by atoms with E-state index in [1.165, 1.54) is 20.1 Å². The van der Waals surface area contributed by atoms with E-state index < -0.39 is 133 Å². The second-order valence-corrected chi connectivity index (χ2v) is 21.9. The summed E-state index contributed by atoms with van der Waals surface area (Å²) in [6, 6.07) is 9.43. The highest BCUT2D eigenvalue weighted by Gasteiger charge is 2.75. The van der Waals surface area contributed by atoms with Crippen LogP contribution in [0.5, 0.6) is 0 Å². The van der Waals surface area contributed by atoms with E-state index in [1.807, 2.05) is 51.1 Å². The van der Waals surface area contributed by atoms with Gasteiger partial charge in [0.05, 0.1) is 48.3 Å². The molecule has 0 amide bonds. The molecule has 4 N–H and O–H groups in total. The Morgan fingerprint density at radius 1 is 0.743 bits per heavy atom. The van der Waals surface area contributed by atoms with E-state index in [4.69, 9.17) is 52.1 Å². The molecule has 7 fully saturated rings. The summed E-state index contributed by atoms with van der Waals surface area (Å²) < 4.78 is 68.6. The van der Waals surface area contributed by atoms with Gasteiger partial charge in [0.15, 0.2) is 18.9 Å². The number of benzene rings is 1. The Morgan fingerprint density at radius 2 is 1.39 bits per heavy atom. The molecule has 24 atom stereocenters. The molecule has 0 radical (unpaired) electrons. The Morgan fingerprint density at radius 3 is 2.00 bits per heavy atom. The van der Waals surface area contributed by atoms with Crippen LogP contribution in [0.3, 0.4) is 0 Å². The third kappa shape index (κ3) is 10.0. The summed E-state index contributed by atoms with van der Waals surface area (Å²) in [5.41, 5.74) is -1.99. The van der Waals surface area contributed by atoms with Crippen molar-refractivity contribution in [2.75, 3.05) is 21.3 Å². The molecule has 0 bridgehead atoms. The maximum Gasteiger partial charge on any atom is 0.331 e. The van der Waals surface area contributed by atoms with Crippen molar-refractivity contribution in [3.05, 3.63) is 42.0 Å². The molecule has 3 unspecified atom stereocenters. The monoisotopic (exact) mass is 989 g/mol. The number of methoxy groups -OCH3 is 3. The third-order valence-corrected chi connectivity index (χ3v) is 18.1. The van der Waals surface area contributed by atoms with Crippen LogP contribution in [0.1, 0.15) is 112 Å². The number of carbonyl (C=O) groups excluding carboxylic acids is 2. The van der Waals surface area contributed by atoms with Crippen LogP contribution in [0.4, 0.5) is 0 Å². The lowest BCUT2D eigenvalue weighted by atomic mass is 9.41. The first-order chi connectivity index (χ1) is 33.3. The number of carbonyl (C=O) groups is 2. The van der Waals surface area contributed by atoms with Crippen molar-refractivity contribution in [3.63, 3.8) is 0 Å². The quantitative estimate of drug-likeness (QED) is 0.111. The molecule has 1 aromatic rings. The third-order valence-electron chi connectivity index (χ3n) is 18.1. The SMILES string of the molecule is CO[C@H]1[C@@H](O)[C@H](O[C@H]2[C@@H](OC)C[C@H](O[C@H]3[C@@H](OC)C[C@H](O[C@H]4CC[C@@]5(C)C(CCC6C5[C@H](OC(C)=O)[C@@H](OC(=O)/C=C/c5ccccc5)[C@]5(C)[C@@H]([C@@H](C)O)CC[C@]65O)C4)O[C@@H]3C)O[C@@H]2C)O[C@H](C)[C@H]1O. The van der Waals surface area contributed by atoms with Crippen molar-refractivity contribution in [1.29, 1.82) is 0 Å². The molecule has 7 aliphatic rings. The topological polar surface area (TPSA) is 217 Å². The van der Waals surface area contributed by atoms with Gasteiger partial charge in [-0.1, -0.05) is 44.2 Å². The number of hydrogen-bond donors (Lipinski definition) is 4. The predicted octanol–water partition coefficient (Wildman–Crippen LogP) is 4.85. The van der Waals surface area contributed by atoms with Crippen LogP contribution in [0.15, 0.2) is 36.4 Å². The Balaban J connectivity index is 0.934. The fraction of sp³-hybridized carbons (Fsp3) is 0.811. The molecule has 4 aliphatic carbocycles. The Hall–Kier alpha value is -2.62. The zero-order valence-corrected chi connectivity index (χ0v) is 42.6. The standard InChI is InChI=1S/C53H80O17/c1-27(54)35-21-23-53(59)36-18-17-33-24-34(20-22-51(33,6)42(36)47(66-31(5)55)49(52(35,53)7)68-39(56)19-16-32-14-12-11-13-15-32)67-40-25-37(60-8)45(29(3)63-40)69-41-26-38(61-9)46(30(4)64-41)70-50-44(58)48(62-10)43(57)28(2)65-50/h11-16,19,27-30,33-38,40-50,54,57-59H,17-18,20-26H2,1-10H3/b19-16+/t27-,28-,29-,30-,33?,34+,35-,36?,37+,38+,40+,41+,42?,43-,44-,45-,46-,47+,48-,49-,50+,51+,52+,53+/m1/s1. The van der Waals surface area contributed by atoms with E-state index in [0.717, 1.165) is 18.4 Å². The molecule has 70 heavy (non-hydrogen) atoms. The van der Waals surface area contributed by atoms with Crippen LogP contribution in [0.2, 0.25) is 0 Å². The van der Waals surface area contributed by atoms with Gasteiger partial charge in [-0.05, 0) is 107 Å². The average Bonchev–Trinajstić information content (AvgIpc) is 3.61. The van der Waals surface area contributed by atoms with Crippen LogP contribution in [-0.4, -0.2) is 164 Å². The lowest BCUT2D eigenvalue weighted by Gasteiger charge is -2.67. The highest BCUT2D eigenvalue weighted by molar-refractivity contribution is 5.87. The van der Waals surface area contributed by atoms with Crippen LogP contribution < -0.4 is 0 Å². The summed E-state index contributed by atoms with van der Waals surface area (Å²) in [5, 5.41) is 45.8. The van der Waals surface area contributed by atoms with Gasteiger partial charge in [0.25, 0.3) is 0 Å². The minimum Gasteiger partial charge on any atom is -0.458 e. The number of aliphatic hydroxyl groups excluding tert-OH is 3. The molecule has 3 aliphatic heterocycles. The number of aliphatic hydroxyl groups is 4. The highest BCUT2D eigenvalue weighted by atomic mass is 16.8. The maximum absolute atomic E-state index is 13.8. The minimum atomic E-state index is -1.29. The van der Waals surface area contributed by atoms with Crippen molar-refractivity contribution in [2.24, 2.45) is 34.5 Å². The van der Waals surface area contributed by atoms with E-state index in [2.05, 4.69) is 6.92 Å². The molecule has 17 heteroatoms. The molecule has 8 rings (SSSR count). The Bertz CT molecular complexity index is 1950. The summed E-state index contributed by atoms with van der Waals surface area (Å²) in [7, 11) is 4.65. The van der Waals surface area contributed by atoms with Crippen LogP contribution in [0, 0.1) is 34.5 Å². The zero-order valence-electron chi connectivity index (χ0n) is 42.6. The molecular formula is C53H80O17. The molecule has 3 saturated heterocycles. The van der Waals surface area contributed by atoms with Gasteiger partial charge in [-0.15, -0.1) is 0 Å². The van der Waals surface area contributed by atoms with Gasteiger partial charge in [0.2, 0.25) is 0 Å². The number of ether oxygens (including phenoxy) is 11. The van der Waals surface area contributed by atoms with E-state index in [0.29, 0.717) is 44.9 Å². The number of fused-ring (bicyclic) bond motifs is 5. The number of rotatable bonds is 14. The lowest BCUT2D eigenvalue weighted by molar-refractivity contribution is -0.352. The first kappa shape index (κ1) is 53.7. The van der Waals surface area contributed by atoms with Crippen molar-refractivity contribution in [1.82, 2.24) is 0 Å². The summed E-state index contributed by atoms with van der Waals surface area (Å²) in [6.45, 7) is 12.7. The second-order valence-electron chi connectivity index (χ2n) is 21.9. The summed E-state index contributed by atoms with van der Waals surface area (Å²) in [6.07, 6.45) is -3.53. The fourth-order valence-corrected chi connectivity index (χ4v) is 14.5. The maximum atomic E-state index is 13.8. The first-order valence-corrected chi connectivity index (χ1v) is 25.7. The van der Waals surface area contributed by atoms with Crippen LogP contribution in [-0.2, 0) is 61.7 Å². The van der Waals surface area contributed by atoms with Crippen molar-refractivity contribution in [2.45, 2.75) is 216 Å². The molecular weight excluding hydrogens is 909 g/mol. The molecule has 0 aromatic heterocycles. The van der Waals surface area contributed by atoms with E-state index >= 15 is 0 Å². The van der Waals surface area contributed by atoms with Gasteiger partial charge in [-0.3, -0.25) is 4.79 Å². The van der Waals surface area contributed by atoms with E-state index in [9.17, 15) is 30.0 Å². The normalized spacial score (nSPS) is 47.7. The second kappa shape index (κ2) is 21.7. The molecule has 394 valence electrons. The van der Waals surface area contributed by atoms with Gasteiger partial charge in [-0.2, -0.15) is 0 Å². The van der Waals surface area contributed by atoms with Gasteiger partial charge in [0.1, 0.15) is 42.7 Å².